The Morgan fingerprint density at radius 3 is 1.78 bits per heavy atom. The van der Waals surface area contributed by atoms with E-state index in [-0.39, 0.29) is 12.2 Å². The molecule has 0 spiro atoms. The number of ether oxygens (including phenoxy) is 1. The molecule has 9 heavy (non-hydrogen) atoms. The lowest BCUT2D eigenvalue weighted by atomic mass is 10.2. The van der Waals surface area contributed by atoms with E-state index in [9.17, 15) is 9.59 Å². The molecule has 0 unspecified atom stereocenters. The summed E-state index contributed by atoms with van der Waals surface area (Å²) in [5.41, 5.74) is 0. The molecule has 2 atom stereocenters. The van der Waals surface area contributed by atoms with Gasteiger partial charge in [-0.15, -0.1) is 0 Å². The maximum atomic E-state index is 10.0. The molecule has 1 rings (SSSR count). The summed E-state index contributed by atoms with van der Waals surface area (Å²) in [7, 11) is 0. The molecule has 0 N–H and O–H groups in total. The molecule has 50 valence electrons. The highest BCUT2D eigenvalue weighted by molar-refractivity contribution is 5.61. The first-order valence-electron chi connectivity index (χ1n) is 2.93. The number of carbonyl (C=O) groups excluding carboxylic acids is 2. The highest BCUT2D eigenvalue weighted by atomic mass is 16.5. The Hall–Kier alpha value is -0.700. The van der Waals surface area contributed by atoms with Crippen molar-refractivity contribution in [2.24, 2.45) is 0 Å². The molecular weight excluding hydrogens is 120 g/mol. The van der Waals surface area contributed by atoms with Crippen molar-refractivity contribution in [3.05, 3.63) is 0 Å². The molecule has 0 radical (unpaired) electrons. The third-order valence-corrected chi connectivity index (χ3v) is 1.39. The van der Waals surface area contributed by atoms with Crippen LogP contribution in [0.3, 0.4) is 0 Å². The van der Waals surface area contributed by atoms with Crippen molar-refractivity contribution >= 4 is 12.6 Å². The third kappa shape index (κ3) is 1.36. The van der Waals surface area contributed by atoms with Crippen molar-refractivity contribution in [1.29, 1.82) is 0 Å². The summed E-state index contributed by atoms with van der Waals surface area (Å²) in [6, 6.07) is 0. The second-order valence-corrected chi connectivity index (χ2v) is 2.06. The lowest BCUT2D eigenvalue weighted by Gasteiger charge is -1.99. The average molecular weight is 128 g/mol. The molecule has 0 saturated carbocycles. The minimum absolute atomic E-state index is 0.333. The molecule has 0 aromatic carbocycles. The van der Waals surface area contributed by atoms with Gasteiger partial charge >= 0.3 is 0 Å². The number of hydrogen-bond acceptors (Lipinski definition) is 3. The minimum atomic E-state index is -0.333. The van der Waals surface area contributed by atoms with Gasteiger partial charge in [-0.1, -0.05) is 0 Å². The predicted molar refractivity (Wildman–Crippen MR) is 30.0 cm³/mol. The molecular formula is C6H8O3. The van der Waals surface area contributed by atoms with Crippen molar-refractivity contribution in [3.63, 3.8) is 0 Å². The van der Waals surface area contributed by atoms with Crippen LogP contribution in [0.25, 0.3) is 0 Å². The largest absolute Gasteiger partial charge is 0.360 e. The van der Waals surface area contributed by atoms with E-state index in [4.69, 9.17) is 4.74 Å². The van der Waals surface area contributed by atoms with E-state index in [2.05, 4.69) is 0 Å². The molecule has 3 nitrogen and oxygen atoms in total. The van der Waals surface area contributed by atoms with Gasteiger partial charge in [0.1, 0.15) is 24.8 Å². The molecule has 1 fully saturated rings. The Kier molecular flexibility index (Phi) is 1.95. The molecule has 0 aromatic heterocycles. The van der Waals surface area contributed by atoms with E-state index in [1.165, 1.54) is 0 Å². The number of rotatable bonds is 2. The number of carbonyl (C=O) groups is 2. The fraction of sp³-hybridized carbons (Fsp3) is 0.667. The number of aldehydes is 2. The summed E-state index contributed by atoms with van der Waals surface area (Å²) in [6.07, 6.45) is 2.19. The third-order valence-electron chi connectivity index (χ3n) is 1.39. The van der Waals surface area contributed by atoms with Crippen LogP contribution in [0.4, 0.5) is 0 Å². The first kappa shape index (κ1) is 6.42. The molecule has 0 amide bonds. The van der Waals surface area contributed by atoms with Gasteiger partial charge in [0.25, 0.3) is 0 Å². The molecule has 1 saturated heterocycles. The van der Waals surface area contributed by atoms with E-state index in [1.807, 2.05) is 0 Å². The highest BCUT2D eigenvalue weighted by Gasteiger charge is 2.23. The monoisotopic (exact) mass is 128 g/mol. The zero-order chi connectivity index (χ0) is 6.69. The Labute approximate surface area is 53.0 Å². The van der Waals surface area contributed by atoms with Crippen molar-refractivity contribution in [3.8, 4) is 0 Å². The van der Waals surface area contributed by atoms with Crippen LogP contribution in [0.1, 0.15) is 12.8 Å². The van der Waals surface area contributed by atoms with E-state index >= 15 is 0 Å². The zero-order valence-corrected chi connectivity index (χ0v) is 4.95. The van der Waals surface area contributed by atoms with Gasteiger partial charge in [0.15, 0.2) is 0 Å². The molecule has 3 heteroatoms. The first-order chi connectivity index (χ1) is 4.36. The van der Waals surface area contributed by atoms with E-state index < -0.39 is 0 Å². The quantitative estimate of drug-likeness (QED) is 0.489. The van der Waals surface area contributed by atoms with Crippen molar-refractivity contribution in [2.75, 3.05) is 0 Å². The summed E-state index contributed by atoms with van der Waals surface area (Å²) in [6.45, 7) is 0. The van der Waals surface area contributed by atoms with Crippen LogP contribution in [-0.4, -0.2) is 24.8 Å². The van der Waals surface area contributed by atoms with E-state index in [0.717, 1.165) is 12.6 Å². The van der Waals surface area contributed by atoms with Gasteiger partial charge in [-0.05, 0) is 12.8 Å². The van der Waals surface area contributed by atoms with Gasteiger partial charge in [-0.25, -0.2) is 0 Å². The van der Waals surface area contributed by atoms with E-state index in [0.29, 0.717) is 12.8 Å². The molecule has 0 bridgehead atoms. The highest BCUT2D eigenvalue weighted by Crippen LogP contribution is 2.15. The van der Waals surface area contributed by atoms with Gasteiger partial charge in [0.05, 0.1) is 0 Å². The second-order valence-electron chi connectivity index (χ2n) is 2.06. The van der Waals surface area contributed by atoms with Gasteiger partial charge in [-0.2, -0.15) is 0 Å². The molecule has 1 aliphatic rings. The van der Waals surface area contributed by atoms with Crippen LogP contribution < -0.4 is 0 Å². The van der Waals surface area contributed by atoms with Crippen molar-refractivity contribution < 1.29 is 14.3 Å². The van der Waals surface area contributed by atoms with Crippen LogP contribution in [0, 0.1) is 0 Å². The molecule has 1 heterocycles. The Morgan fingerprint density at radius 1 is 1.11 bits per heavy atom. The van der Waals surface area contributed by atoms with Gasteiger partial charge in [0, 0.05) is 0 Å². The molecule has 1 aliphatic heterocycles. The Balaban J connectivity index is 2.36. The second kappa shape index (κ2) is 2.73. The number of hydrogen-bond donors (Lipinski definition) is 0. The minimum Gasteiger partial charge on any atom is -0.360 e. The average Bonchev–Trinajstić information content (AvgIpc) is 2.34. The Morgan fingerprint density at radius 2 is 1.56 bits per heavy atom. The predicted octanol–water partition coefficient (Wildman–Crippen LogP) is -0.0682. The fourth-order valence-corrected chi connectivity index (χ4v) is 0.889. The maximum absolute atomic E-state index is 10.0. The summed E-state index contributed by atoms with van der Waals surface area (Å²) in [5.74, 6) is 0. The van der Waals surface area contributed by atoms with Crippen molar-refractivity contribution in [2.45, 2.75) is 25.0 Å². The van der Waals surface area contributed by atoms with Crippen LogP contribution in [0.5, 0.6) is 0 Å². The van der Waals surface area contributed by atoms with Crippen LogP contribution in [0.15, 0.2) is 0 Å². The first-order valence-corrected chi connectivity index (χ1v) is 2.93. The Bertz CT molecular complexity index is 107. The summed E-state index contributed by atoms with van der Waals surface area (Å²) in [5, 5.41) is 0. The van der Waals surface area contributed by atoms with Crippen LogP contribution in [0.2, 0.25) is 0 Å². The fourth-order valence-electron chi connectivity index (χ4n) is 0.889. The lowest BCUT2D eigenvalue weighted by molar-refractivity contribution is -0.123. The normalized spacial score (nSPS) is 34.2. The molecule has 0 aromatic rings. The molecule has 0 aliphatic carbocycles. The van der Waals surface area contributed by atoms with Crippen molar-refractivity contribution in [1.82, 2.24) is 0 Å². The topological polar surface area (TPSA) is 43.4 Å². The van der Waals surface area contributed by atoms with Gasteiger partial charge in [-0.3, -0.25) is 0 Å². The van der Waals surface area contributed by atoms with Crippen LogP contribution in [-0.2, 0) is 14.3 Å². The standard InChI is InChI=1S/C6H8O3/c7-3-5-1-2-6(4-8)9-5/h3-6H,1-2H2/t5-,6-/m1/s1. The smallest absolute Gasteiger partial charge is 0.148 e. The summed E-state index contributed by atoms with van der Waals surface area (Å²) >= 11 is 0. The maximum Gasteiger partial charge on any atom is 0.148 e. The lowest BCUT2D eigenvalue weighted by Crippen LogP contribution is -2.12. The zero-order valence-electron chi connectivity index (χ0n) is 4.95. The van der Waals surface area contributed by atoms with E-state index in [1.54, 1.807) is 0 Å². The summed E-state index contributed by atoms with van der Waals surface area (Å²) in [4.78, 5) is 20.1. The summed E-state index contributed by atoms with van der Waals surface area (Å²) < 4.78 is 4.92. The van der Waals surface area contributed by atoms with Gasteiger partial charge in [0.2, 0.25) is 0 Å². The van der Waals surface area contributed by atoms with Gasteiger partial charge < -0.3 is 14.3 Å². The SMILES string of the molecule is O=C[C@H]1CC[C@H](C=O)O1. The van der Waals surface area contributed by atoms with Crippen LogP contribution >= 0.6 is 0 Å².